The Labute approximate surface area is 178 Å². The highest BCUT2D eigenvalue weighted by molar-refractivity contribution is 7.16. The van der Waals surface area contributed by atoms with Gasteiger partial charge in [-0.2, -0.15) is 4.99 Å². The molecule has 0 spiro atoms. The fourth-order valence-corrected chi connectivity index (χ4v) is 4.92. The van der Waals surface area contributed by atoms with Crippen molar-refractivity contribution < 1.29 is 14.3 Å². The number of aromatic nitrogens is 1. The molecule has 0 aliphatic heterocycles. The number of carbonyl (C=O) groups is 2. The van der Waals surface area contributed by atoms with Crippen LogP contribution in [0.15, 0.2) is 59.6 Å². The molecule has 0 radical (unpaired) electrons. The van der Waals surface area contributed by atoms with Crippen molar-refractivity contribution >= 4 is 44.2 Å². The summed E-state index contributed by atoms with van der Waals surface area (Å²) in [5.74, 6) is -0.679. The van der Waals surface area contributed by atoms with E-state index in [0.717, 1.165) is 32.1 Å². The Morgan fingerprint density at radius 1 is 1.07 bits per heavy atom. The van der Waals surface area contributed by atoms with E-state index >= 15 is 0 Å². The van der Waals surface area contributed by atoms with Gasteiger partial charge in [-0.15, -0.1) is 0 Å². The van der Waals surface area contributed by atoms with Crippen LogP contribution in [0.4, 0.5) is 0 Å². The SMILES string of the molecule is CCOC(=O)Cn1c(=NC(=O)c2cccc3ccccc23)sc2cc(C)cc(C)c21. The van der Waals surface area contributed by atoms with Gasteiger partial charge in [-0.25, -0.2) is 0 Å². The Morgan fingerprint density at radius 2 is 1.83 bits per heavy atom. The second-order valence-corrected chi connectivity index (χ2v) is 8.16. The van der Waals surface area contributed by atoms with Crippen LogP contribution in [0.1, 0.15) is 28.4 Å². The summed E-state index contributed by atoms with van der Waals surface area (Å²) >= 11 is 1.41. The van der Waals surface area contributed by atoms with E-state index in [1.54, 1.807) is 17.6 Å². The smallest absolute Gasteiger partial charge is 0.326 e. The van der Waals surface area contributed by atoms with Gasteiger partial charge in [0.05, 0.1) is 16.8 Å². The summed E-state index contributed by atoms with van der Waals surface area (Å²) in [4.78, 5) is 30.3. The number of hydrogen-bond acceptors (Lipinski definition) is 4. The van der Waals surface area contributed by atoms with Crippen molar-refractivity contribution in [3.63, 3.8) is 0 Å². The van der Waals surface area contributed by atoms with Crippen molar-refractivity contribution in [2.45, 2.75) is 27.3 Å². The topological polar surface area (TPSA) is 60.7 Å². The molecule has 0 aliphatic carbocycles. The number of hydrogen-bond donors (Lipinski definition) is 0. The maximum atomic E-state index is 13.1. The van der Waals surface area contributed by atoms with Gasteiger partial charge < -0.3 is 9.30 Å². The van der Waals surface area contributed by atoms with E-state index in [9.17, 15) is 9.59 Å². The highest BCUT2D eigenvalue weighted by atomic mass is 32.1. The number of amides is 1. The molecular formula is C24H22N2O3S. The fourth-order valence-electron chi connectivity index (χ4n) is 3.72. The third-order valence-electron chi connectivity index (χ3n) is 4.92. The zero-order valence-corrected chi connectivity index (χ0v) is 18.0. The zero-order valence-electron chi connectivity index (χ0n) is 17.1. The lowest BCUT2D eigenvalue weighted by atomic mass is 10.0. The molecule has 0 N–H and O–H groups in total. The van der Waals surface area contributed by atoms with Gasteiger partial charge in [-0.1, -0.05) is 53.8 Å². The Kier molecular flexibility index (Phi) is 5.50. The molecular weight excluding hydrogens is 396 g/mol. The summed E-state index contributed by atoms with van der Waals surface area (Å²) in [5, 5.41) is 1.85. The molecule has 0 atom stereocenters. The quantitative estimate of drug-likeness (QED) is 0.448. The van der Waals surface area contributed by atoms with E-state index in [1.165, 1.54) is 11.3 Å². The third kappa shape index (κ3) is 3.78. The van der Waals surface area contributed by atoms with Crippen LogP contribution < -0.4 is 4.80 Å². The Hall–Kier alpha value is -3.25. The minimum Gasteiger partial charge on any atom is -0.465 e. The van der Waals surface area contributed by atoms with Crippen molar-refractivity contribution in [2.24, 2.45) is 4.99 Å². The van der Waals surface area contributed by atoms with E-state index < -0.39 is 0 Å². The average molecular weight is 419 g/mol. The van der Waals surface area contributed by atoms with Crippen LogP contribution in [-0.4, -0.2) is 23.1 Å². The molecule has 0 unspecified atom stereocenters. The fraction of sp³-hybridized carbons (Fsp3) is 0.208. The molecule has 0 saturated heterocycles. The van der Waals surface area contributed by atoms with Crippen molar-refractivity contribution in [2.75, 3.05) is 6.61 Å². The van der Waals surface area contributed by atoms with Gasteiger partial charge in [0.2, 0.25) is 0 Å². The van der Waals surface area contributed by atoms with Crippen molar-refractivity contribution in [1.82, 2.24) is 4.57 Å². The van der Waals surface area contributed by atoms with Crippen LogP contribution in [-0.2, 0) is 16.1 Å². The summed E-state index contributed by atoms with van der Waals surface area (Å²) in [7, 11) is 0. The van der Waals surface area contributed by atoms with Crippen LogP contribution in [0.5, 0.6) is 0 Å². The molecule has 6 heteroatoms. The first kappa shape index (κ1) is 20.0. The number of thiazole rings is 1. The van der Waals surface area contributed by atoms with Gasteiger partial charge in [-0.05, 0) is 54.8 Å². The number of benzene rings is 3. The van der Waals surface area contributed by atoms with Gasteiger partial charge in [0.25, 0.3) is 5.91 Å². The molecule has 3 aromatic carbocycles. The molecule has 5 nitrogen and oxygen atoms in total. The Bertz CT molecular complexity index is 1340. The highest BCUT2D eigenvalue weighted by Crippen LogP contribution is 2.24. The molecule has 1 aromatic heterocycles. The summed E-state index contributed by atoms with van der Waals surface area (Å²) in [6, 6.07) is 17.5. The number of ether oxygens (including phenoxy) is 1. The standard InChI is InChI=1S/C24H22N2O3S/c1-4-29-21(27)14-26-22-16(3)12-15(2)13-20(22)30-24(26)25-23(28)19-11-7-9-17-8-5-6-10-18(17)19/h5-13H,4,14H2,1-3H3. The van der Waals surface area contributed by atoms with Crippen molar-refractivity contribution in [1.29, 1.82) is 0 Å². The van der Waals surface area contributed by atoms with Crippen LogP contribution in [0, 0.1) is 13.8 Å². The maximum absolute atomic E-state index is 13.1. The molecule has 1 amide bonds. The Balaban J connectivity index is 1.90. The highest BCUT2D eigenvalue weighted by Gasteiger charge is 2.15. The minimum atomic E-state index is -0.351. The monoisotopic (exact) mass is 418 g/mol. The summed E-state index contributed by atoms with van der Waals surface area (Å²) in [6.45, 7) is 6.12. The first-order valence-electron chi connectivity index (χ1n) is 9.81. The lowest BCUT2D eigenvalue weighted by Crippen LogP contribution is -2.23. The lowest BCUT2D eigenvalue weighted by Gasteiger charge is -2.08. The van der Waals surface area contributed by atoms with E-state index in [2.05, 4.69) is 17.1 Å². The number of fused-ring (bicyclic) bond motifs is 2. The van der Waals surface area contributed by atoms with E-state index in [4.69, 9.17) is 4.74 Å². The van der Waals surface area contributed by atoms with E-state index in [-0.39, 0.29) is 18.4 Å². The minimum absolute atomic E-state index is 0.0133. The van der Waals surface area contributed by atoms with Gasteiger partial charge in [0.1, 0.15) is 6.54 Å². The molecule has 0 aliphatic rings. The first-order chi connectivity index (χ1) is 14.5. The Morgan fingerprint density at radius 3 is 2.63 bits per heavy atom. The van der Waals surface area contributed by atoms with Gasteiger partial charge in [0, 0.05) is 5.56 Å². The lowest BCUT2D eigenvalue weighted by molar-refractivity contribution is -0.143. The largest absolute Gasteiger partial charge is 0.465 e. The third-order valence-corrected chi connectivity index (χ3v) is 5.95. The molecule has 1 heterocycles. The predicted molar refractivity (Wildman–Crippen MR) is 120 cm³/mol. The summed E-state index contributed by atoms with van der Waals surface area (Å²) in [5.41, 5.74) is 3.60. The van der Waals surface area contributed by atoms with E-state index in [1.807, 2.05) is 50.2 Å². The van der Waals surface area contributed by atoms with E-state index in [0.29, 0.717) is 17.0 Å². The zero-order chi connectivity index (χ0) is 21.3. The number of nitrogens with zero attached hydrogens (tertiary/aromatic N) is 2. The normalized spacial score (nSPS) is 11.9. The number of rotatable bonds is 4. The predicted octanol–water partition coefficient (Wildman–Crippen LogP) is 4.78. The molecule has 4 rings (SSSR count). The summed E-state index contributed by atoms with van der Waals surface area (Å²) in [6.07, 6.45) is 0. The first-order valence-corrected chi connectivity index (χ1v) is 10.6. The van der Waals surface area contributed by atoms with Crippen LogP contribution >= 0.6 is 11.3 Å². The van der Waals surface area contributed by atoms with Gasteiger partial charge in [0.15, 0.2) is 4.80 Å². The number of esters is 1. The molecule has 152 valence electrons. The van der Waals surface area contributed by atoms with Gasteiger partial charge in [-0.3, -0.25) is 9.59 Å². The second kappa shape index (κ2) is 8.24. The van der Waals surface area contributed by atoms with Crippen LogP contribution in [0.2, 0.25) is 0 Å². The summed E-state index contributed by atoms with van der Waals surface area (Å²) < 4.78 is 7.92. The molecule has 0 fully saturated rings. The van der Waals surface area contributed by atoms with Crippen LogP contribution in [0.25, 0.3) is 21.0 Å². The molecule has 0 bridgehead atoms. The second-order valence-electron chi connectivity index (χ2n) is 7.15. The molecule has 0 saturated carbocycles. The van der Waals surface area contributed by atoms with Crippen molar-refractivity contribution in [3.8, 4) is 0 Å². The molecule has 4 aromatic rings. The maximum Gasteiger partial charge on any atom is 0.326 e. The number of carbonyl (C=O) groups excluding carboxylic acids is 2. The van der Waals surface area contributed by atoms with Gasteiger partial charge >= 0.3 is 5.97 Å². The average Bonchev–Trinajstić information content (AvgIpc) is 3.04. The molecule has 30 heavy (non-hydrogen) atoms. The van der Waals surface area contributed by atoms with Crippen molar-refractivity contribution in [3.05, 3.63) is 76.1 Å². The van der Waals surface area contributed by atoms with Crippen LogP contribution in [0.3, 0.4) is 0 Å². The number of aryl methyl sites for hydroxylation is 2.